The molecule has 1 heterocycles. The van der Waals surface area contributed by atoms with E-state index >= 15 is 0 Å². The second kappa shape index (κ2) is 4.39. The molecule has 2 unspecified atom stereocenters. The molecule has 0 radical (unpaired) electrons. The third-order valence-electron chi connectivity index (χ3n) is 2.20. The summed E-state index contributed by atoms with van der Waals surface area (Å²) < 4.78 is 1.78. The molecule has 0 saturated heterocycles. The van der Waals surface area contributed by atoms with Crippen LogP contribution < -0.4 is 5.73 Å². The Morgan fingerprint density at radius 2 is 2.31 bits per heavy atom. The molecule has 0 aliphatic carbocycles. The number of aliphatic hydroxyl groups is 1. The van der Waals surface area contributed by atoms with Crippen LogP contribution in [0.3, 0.4) is 0 Å². The first-order chi connectivity index (χ1) is 6.19. The van der Waals surface area contributed by atoms with E-state index < -0.39 is 6.10 Å². The number of nitrogens with zero attached hydrogens (tertiary/aromatic N) is 2. The molecule has 1 rings (SSSR count). The molecule has 4 heteroatoms. The van der Waals surface area contributed by atoms with Crippen LogP contribution in [0.1, 0.15) is 31.9 Å². The number of aliphatic hydroxyl groups excluding tert-OH is 1. The van der Waals surface area contributed by atoms with Crippen LogP contribution in [-0.4, -0.2) is 20.9 Å². The molecule has 2 atom stereocenters. The van der Waals surface area contributed by atoms with Gasteiger partial charge in [-0.05, 0) is 13.3 Å². The van der Waals surface area contributed by atoms with Crippen LogP contribution >= 0.6 is 0 Å². The van der Waals surface area contributed by atoms with Gasteiger partial charge in [0.05, 0.1) is 12.3 Å². The topological polar surface area (TPSA) is 64.1 Å². The highest BCUT2D eigenvalue weighted by Crippen LogP contribution is 2.16. The van der Waals surface area contributed by atoms with Gasteiger partial charge in [-0.3, -0.25) is 4.68 Å². The first-order valence-electron chi connectivity index (χ1n) is 4.65. The number of aryl methyl sites for hydroxylation is 1. The molecule has 0 bridgehead atoms. The smallest absolute Gasteiger partial charge is 0.0971 e. The molecule has 0 fully saturated rings. The van der Waals surface area contributed by atoms with Gasteiger partial charge in [0.2, 0.25) is 0 Å². The third-order valence-corrected chi connectivity index (χ3v) is 2.20. The summed E-state index contributed by atoms with van der Waals surface area (Å²) in [6.45, 7) is 4.77. The summed E-state index contributed by atoms with van der Waals surface area (Å²) in [5.74, 6) is 0. The molecule has 0 amide bonds. The van der Waals surface area contributed by atoms with Gasteiger partial charge in [-0.2, -0.15) is 5.10 Å². The van der Waals surface area contributed by atoms with Crippen LogP contribution in [0.15, 0.2) is 12.4 Å². The van der Waals surface area contributed by atoms with Crippen molar-refractivity contribution in [2.45, 2.75) is 39.0 Å². The van der Waals surface area contributed by atoms with E-state index in [2.05, 4.69) is 5.10 Å². The molecule has 1 aromatic heterocycles. The van der Waals surface area contributed by atoms with Crippen LogP contribution in [0.5, 0.6) is 0 Å². The lowest BCUT2D eigenvalue weighted by molar-refractivity contribution is 0.144. The van der Waals surface area contributed by atoms with Crippen molar-refractivity contribution < 1.29 is 5.11 Å². The minimum Gasteiger partial charge on any atom is -0.387 e. The fourth-order valence-electron chi connectivity index (χ4n) is 1.18. The molecule has 0 aromatic carbocycles. The molecule has 4 nitrogen and oxygen atoms in total. The summed E-state index contributed by atoms with van der Waals surface area (Å²) in [6.07, 6.45) is 3.67. The Labute approximate surface area is 78.4 Å². The Morgan fingerprint density at radius 1 is 1.62 bits per heavy atom. The van der Waals surface area contributed by atoms with Gasteiger partial charge in [0, 0.05) is 24.3 Å². The number of nitrogens with two attached hydrogens (primary N) is 1. The predicted octanol–water partition coefficient (Wildman–Crippen LogP) is 0.674. The number of rotatable bonds is 4. The van der Waals surface area contributed by atoms with Crippen molar-refractivity contribution in [3.63, 3.8) is 0 Å². The molecular weight excluding hydrogens is 166 g/mol. The van der Waals surface area contributed by atoms with Gasteiger partial charge in [-0.1, -0.05) is 6.92 Å². The molecule has 0 aliphatic heterocycles. The SMILES string of the molecule is CCC(N)C(O)c1cnn(CC)c1. The van der Waals surface area contributed by atoms with E-state index in [9.17, 15) is 5.11 Å². The van der Waals surface area contributed by atoms with Gasteiger partial charge in [0.1, 0.15) is 0 Å². The van der Waals surface area contributed by atoms with Gasteiger partial charge in [-0.25, -0.2) is 0 Å². The largest absolute Gasteiger partial charge is 0.387 e. The zero-order chi connectivity index (χ0) is 9.84. The van der Waals surface area contributed by atoms with Crippen molar-refractivity contribution in [3.8, 4) is 0 Å². The highest BCUT2D eigenvalue weighted by Gasteiger charge is 2.16. The van der Waals surface area contributed by atoms with Gasteiger partial charge in [0.15, 0.2) is 0 Å². The average molecular weight is 183 g/mol. The highest BCUT2D eigenvalue weighted by atomic mass is 16.3. The number of aromatic nitrogens is 2. The van der Waals surface area contributed by atoms with E-state index in [-0.39, 0.29) is 6.04 Å². The molecule has 0 aliphatic rings. The quantitative estimate of drug-likeness (QED) is 0.721. The minimum atomic E-state index is -0.592. The lowest BCUT2D eigenvalue weighted by atomic mass is 10.0. The van der Waals surface area contributed by atoms with E-state index in [0.717, 1.165) is 18.5 Å². The second-order valence-corrected chi connectivity index (χ2v) is 3.15. The zero-order valence-electron chi connectivity index (χ0n) is 8.14. The van der Waals surface area contributed by atoms with Crippen molar-refractivity contribution in [1.29, 1.82) is 0 Å². The van der Waals surface area contributed by atoms with Gasteiger partial charge in [-0.15, -0.1) is 0 Å². The summed E-state index contributed by atoms with van der Waals surface area (Å²) in [5.41, 5.74) is 6.51. The molecule has 13 heavy (non-hydrogen) atoms. The first-order valence-corrected chi connectivity index (χ1v) is 4.65. The first kappa shape index (κ1) is 10.2. The molecule has 0 spiro atoms. The zero-order valence-corrected chi connectivity index (χ0v) is 8.14. The van der Waals surface area contributed by atoms with E-state index in [4.69, 9.17) is 5.73 Å². The molecule has 0 saturated carbocycles. The predicted molar refractivity (Wildman–Crippen MR) is 51.1 cm³/mol. The standard InChI is InChI=1S/C9H17N3O/c1-3-8(10)9(13)7-5-11-12(4-2)6-7/h5-6,8-9,13H,3-4,10H2,1-2H3. The average Bonchev–Trinajstić information content (AvgIpc) is 2.63. The number of hydrogen-bond acceptors (Lipinski definition) is 3. The normalized spacial score (nSPS) is 15.7. The Kier molecular flexibility index (Phi) is 3.45. The Hall–Kier alpha value is -0.870. The van der Waals surface area contributed by atoms with Gasteiger partial charge in [0.25, 0.3) is 0 Å². The fraction of sp³-hybridized carbons (Fsp3) is 0.667. The van der Waals surface area contributed by atoms with Crippen LogP contribution in [0, 0.1) is 0 Å². The van der Waals surface area contributed by atoms with Crippen LogP contribution in [0.2, 0.25) is 0 Å². The summed E-state index contributed by atoms with van der Waals surface area (Å²) in [7, 11) is 0. The van der Waals surface area contributed by atoms with Crippen molar-refractivity contribution in [2.24, 2.45) is 5.73 Å². The number of hydrogen-bond donors (Lipinski definition) is 2. The summed E-state index contributed by atoms with van der Waals surface area (Å²) >= 11 is 0. The maximum absolute atomic E-state index is 9.72. The van der Waals surface area contributed by atoms with E-state index in [1.54, 1.807) is 10.9 Å². The van der Waals surface area contributed by atoms with Crippen LogP contribution in [0.4, 0.5) is 0 Å². The van der Waals surface area contributed by atoms with Gasteiger partial charge >= 0.3 is 0 Å². The molecule has 3 N–H and O–H groups in total. The Morgan fingerprint density at radius 3 is 2.77 bits per heavy atom. The highest BCUT2D eigenvalue weighted by molar-refractivity contribution is 5.10. The maximum Gasteiger partial charge on any atom is 0.0971 e. The third kappa shape index (κ3) is 2.29. The lowest BCUT2D eigenvalue weighted by Gasteiger charge is -2.14. The fourth-order valence-corrected chi connectivity index (χ4v) is 1.18. The molecule has 74 valence electrons. The van der Waals surface area contributed by atoms with Crippen molar-refractivity contribution in [3.05, 3.63) is 18.0 Å². The second-order valence-electron chi connectivity index (χ2n) is 3.15. The summed E-state index contributed by atoms with van der Waals surface area (Å²) in [5, 5.41) is 13.8. The molecular formula is C9H17N3O. The Balaban J connectivity index is 2.70. The minimum absolute atomic E-state index is 0.200. The Bertz CT molecular complexity index is 259. The van der Waals surface area contributed by atoms with E-state index in [1.807, 2.05) is 20.0 Å². The van der Waals surface area contributed by atoms with Crippen molar-refractivity contribution >= 4 is 0 Å². The van der Waals surface area contributed by atoms with E-state index in [1.165, 1.54) is 0 Å². The van der Waals surface area contributed by atoms with E-state index in [0.29, 0.717) is 0 Å². The monoisotopic (exact) mass is 183 g/mol. The van der Waals surface area contributed by atoms with Gasteiger partial charge < -0.3 is 10.8 Å². The summed E-state index contributed by atoms with van der Waals surface area (Å²) in [6, 6.07) is -0.200. The summed E-state index contributed by atoms with van der Waals surface area (Å²) in [4.78, 5) is 0. The van der Waals surface area contributed by atoms with Crippen molar-refractivity contribution in [1.82, 2.24) is 9.78 Å². The maximum atomic E-state index is 9.72. The van der Waals surface area contributed by atoms with Crippen LogP contribution in [0.25, 0.3) is 0 Å². The van der Waals surface area contributed by atoms with Crippen LogP contribution in [-0.2, 0) is 6.54 Å². The lowest BCUT2D eigenvalue weighted by Crippen LogP contribution is -2.27. The van der Waals surface area contributed by atoms with Crippen molar-refractivity contribution in [2.75, 3.05) is 0 Å². The molecule has 1 aromatic rings.